The number of amides is 2. The van der Waals surface area contributed by atoms with E-state index in [-0.39, 0.29) is 24.5 Å². The first-order chi connectivity index (χ1) is 14.8. The van der Waals surface area contributed by atoms with Gasteiger partial charge in [0.25, 0.3) is 17.7 Å². The highest BCUT2D eigenvalue weighted by atomic mass is 19.3. The first-order valence-corrected chi connectivity index (χ1v) is 9.56. The molecule has 0 bridgehead atoms. The fourth-order valence-electron chi connectivity index (χ4n) is 3.37. The van der Waals surface area contributed by atoms with Crippen molar-refractivity contribution >= 4 is 11.8 Å². The molecule has 2 aromatic rings. The van der Waals surface area contributed by atoms with E-state index in [9.17, 15) is 18.4 Å². The molecule has 1 aliphatic heterocycles. The summed E-state index contributed by atoms with van der Waals surface area (Å²) >= 11 is 0. The Hall–Kier alpha value is -2.93. The molecule has 3 heterocycles. The lowest BCUT2D eigenvalue weighted by molar-refractivity contribution is 0.0116. The number of aryl methyl sites for hydroxylation is 1. The van der Waals surface area contributed by atoms with Crippen LogP contribution in [0.15, 0.2) is 10.7 Å². The Kier molecular flexibility index (Phi) is 6.95. The number of aromatic nitrogens is 4. The van der Waals surface area contributed by atoms with Crippen LogP contribution < -0.4 is 5.32 Å². The number of alkyl halides is 2. The van der Waals surface area contributed by atoms with E-state index in [0.717, 1.165) is 4.90 Å². The number of methoxy groups -OCH3 is 2. The topological polar surface area (TPSA) is 125 Å². The van der Waals surface area contributed by atoms with E-state index in [2.05, 4.69) is 20.8 Å². The van der Waals surface area contributed by atoms with Gasteiger partial charge in [0.2, 0.25) is 0 Å². The molecule has 0 aromatic carbocycles. The zero-order chi connectivity index (χ0) is 22.6. The normalized spacial score (nSPS) is 17.8. The van der Waals surface area contributed by atoms with Crippen LogP contribution in [0.4, 0.5) is 8.78 Å². The van der Waals surface area contributed by atoms with E-state index in [0.29, 0.717) is 24.5 Å². The summed E-state index contributed by atoms with van der Waals surface area (Å²) in [5.41, 5.74) is 0.393. The first kappa shape index (κ1) is 22.7. The number of rotatable bonds is 9. The second-order valence-corrected chi connectivity index (χ2v) is 7.22. The third-order valence-electron chi connectivity index (χ3n) is 4.87. The molecule has 0 saturated carbocycles. The quantitative estimate of drug-likeness (QED) is 0.561. The van der Waals surface area contributed by atoms with Gasteiger partial charge in [0, 0.05) is 27.2 Å². The third-order valence-corrected chi connectivity index (χ3v) is 4.87. The zero-order valence-corrected chi connectivity index (χ0v) is 17.4. The Morgan fingerprint density at radius 3 is 2.84 bits per heavy atom. The molecule has 0 aliphatic carbocycles. The molecule has 0 spiro atoms. The smallest absolute Gasteiger partial charge is 0.276 e. The van der Waals surface area contributed by atoms with Gasteiger partial charge in [-0.1, -0.05) is 10.4 Å². The summed E-state index contributed by atoms with van der Waals surface area (Å²) in [7, 11) is 2.95. The van der Waals surface area contributed by atoms with E-state index in [1.54, 1.807) is 6.92 Å². The second kappa shape index (κ2) is 9.47. The largest absolute Gasteiger partial charge is 0.383 e. The summed E-state index contributed by atoms with van der Waals surface area (Å²) in [5.74, 6) is -3.83. The van der Waals surface area contributed by atoms with Crippen LogP contribution >= 0.6 is 0 Å². The van der Waals surface area contributed by atoms with Crippen molar-refractivity contribution in [3.63, 3.8) is 0 Å². The van der Waals surface area contributed by atoms with Crippen LogP contribution in [-0.4, -0.2) is 82.7 Å². The van der Waals surface area contributed by atoms with Crippen LogP contribution in [-0.2, 0) is 22.6 Å². The first-order valence-electron chi connectivity index (χ1n) is 9.56. The average Bonchev–Trinajstić information content (AvgIpc) is 3.40. The Balaban J connectivity index is 1.74. The molecule has 0 unspecified atom stereocenters. The van der Waals surface area contributed by atoms with E-state index in [4.69, 9.17) is 14.0 Å². The predicted octanol–water partition coefficient (Wildman–Crippen LogP) is 0.647. The summed E-state index contributed by atoms with van der Waals surface area (Å²) in [5, 5.41) is 13.9. The van der Waals surface area contributed by atoms with Gasteiger partial charge < -0.3 is 24.2 Å². The molecule has 13 heteroatoms. The molecule has 1 atom stereocenters. The minimum atomic E-state index is -3.07. The summed E-state index contributed by atoms with van der Waals surface area (Å²) in [6, 6.07) is -0.874. The van der Waals surface area contributed by atoms with Crippen LogP contribution in [0, 0.1) is 6.92 Å². The van der Waals surface area contributed by atoms with Crippen LogP contribution in [0.2, 0.25) is 0 Å². The van der Waals surface area contributed by atoms with Crippen LogP contribution in [0.3, 0.4) is 0 Å². The van der Waals surface area contributed by atoms with E-state index in [1.807, 2.05) is 0 Å². The highest BCUT2D eigenvalue weighted by molar-refractivity contribution is 5.94. The molecule has 170 valence electrons. The molecule has 3 rings (SSSR count). The number of likely N-dealkylation sites (tertiary alicyclic amines) is 1. The summed E-state index contributed by atoms with van der Waals surface area (Å²) < 4.78 is 44.6. The molecule has 2 amide bonds. The number of hydrogen-bond donors (Lipinski definition) is 1. The minimum absolute atomic E-state index is 0.0354. The molecular formula is C18H24F2N6O5. The highest BCUT2D eigenvalue weighted by Gasteiger charge is 2.48. The summed E-state index contributed by atoms with van der Waals surface area (Å²) in [6.45, 7) is 1.49. The number of nitrogens with zero attached hydrogens (tertiary/aromatic N) is 5. The molecule has 2 aromatic heterocycles. The van der Waals surface area contributed by atoms with Crippen LogP contribution in [0.5, 0.6) is 0 Å². The van der Waals surface area contributed by atoms with Gasteiger partial charge in [-0.25, -0.2) is 13.5 Å². The lowest BCUT2D eigenvalue weighted by atomic mass is 10.1. The molecular weight excluding hydrogens is 418 g/mol. The standard InChI is InChI=1S/C18H24F2N6O5/c1-11-13(9-30-3)15(23-31-11)17(28)26-10-18(19,20)6-12(26)7-25-8-14(22-24-25)16(27)21-4-5-29-2/h8,12H,4-7,9-10H2,1-3H3,(H,21,27)/t12-/m0/s1. The number of carbonyl (C=O) groups is 2. The van der Waals surface area contributed by atoms with Crippen molar-refractivity contribution in [1.29, 1.82) is 0 Å². The average molecular weight is 442 g/mol. The van der Waals surface area contributed by atoms with Gasteiger partial charge >= 0.3 is 0 Å². The van der Waals surface area contributed by atoms with Crippen molar-refractivity contribution in [3.8, 4) is 0 Å². The number of carbonyl (C=O) groups excluding carboxylic acids is 2. The maximum Gasteiger partial charge on any atom is 0.276 e. The number of hydrogen-bond acceptors (Lipinski definition) is 8. The molecule has 1 saturated heterocycles. The van der Waals surface area contributed by atoms with Crippen molar-refractivity contribution in [1.82, 2.24) is 30.4 Å². The Bertz CT molecular complexity index is 930. The Morgan fingerprint density at radius 1 is 1.35 bits per heavy atom. The van der Waals surface area contributed by atoms with Crippen molar-refractivity contribution in [2.24, 2.45) is 0 Å². The third kappa shape index (κ3) is 5.22. The van der Waals surface area contributed by atoms with Crippen molar-refractivity contribution in [2.75, 3.05) is 33.9 Å². The van der Waals surface area contributed by atoms with Gasteiger partial charge in [-0.15, -0.1) is 5.10 Å². The van der Waals surface area contributed by atoms with Gasteiger partial charge in [0.05, 0.1) is 44.1 Å². The minimum Gasteiger partial charge on any atom is -0.383 e. The maximum atomic E-state index is 14.2. The lowest BCUT2D eigenvalue weighted by Crippen LogP contribution is -2.39. The van der Waals surface area contributed by atoms with Crippen LogP contribution in [0.25, 0.3) is 0 Å². The molecule has 1 aliphatic rings. The predicted molar refractivity (Wildman–Crippen MR) is 101 cm³/mol. The lowest BCUT2D eigenvalue weighted by Gasteiger charge is -2.23. The van der Waals surface area contributed by atoms with Crippen molar-refractivity contribution < 1.29 is 32.4 Å². The number of ether oxygens (including phenoxy) is 2. The monoisotopic (exact) mass is 442 g/mol. The second-order valence-electron chi connectivity index (χ2n) is 7.22. The molecule has 31 heavy (non-hydrogen) atoms. The van der Waals surface area contributed by atoms with Crippen LogP contribution in [0.1, 0.15) is 38.7 Å². The van der Waals surface area contributed by atoms with Gasteiger partial charge in [0.15, 0.2) is 11.4 Å². The fraction of sp³-hybridized carbons (Fsp3) is 0.611. The van der Waals surface area contributed by atoms with Gasteiger partial charge in [0.1, 0.15) is 5.76 Å². The fourth-order valence-corrected chi connectivity index (χ4v) is 3.37. The molecule has 11 nitrogen and oxygen atoms in total. The van der Waals surface area contributed by atoms with E-state index >= 15 is 0 Å². The molecule has 1 fully saturated rings. The van der Waals surface area contributed by atoms with Crippen molar-refractivity contribution in [2.45, 2.75) is 38.5 Å². The molecule has 1 N–H and O–H groups in total. The Labute approximate surface area is 176 Å². The van der Waals surface area contributed by atoms with Gasteiger partial charge in [-0.2, -0.15) is 0 Å². The number of nitrogens with one attached hydrogen (secondary N) is 1. The number of halogens is 2. The van der Waals surface area contributed by atoms with E-state index < -0.39 is 36.7 Å². The maximum absolute atomic E-state index is 14.2. The molecule has 0 radical (unpaired) electrons. The summed E-state index contributed by atoms with van der Waals surface area (Å²) in [4.78, 5) is 26.1. The SMILES string of the molecule is COCCNC(=O)c1cn(C[C@@H]2CC(F)(F)CN2C(=O)c2noc(C)c2COC)nn1. The summed E-state index contributed by atoms with van der Waals surface area (Å²) in [6.07, 6.45) is 0.794. The Morgan fingerprint density at radius 2 is 2.13 bits per heavy atom. The highest BCUT2D eigenvalue weighted by Crippen LogP contribution is 2.34. The van der Waals surface area contributed by atoms with Gasteiger partial charge in [-0.05, 0) is 6.92 Å². The zero-order valence-electron chi connectivity index (χ0n) is 17.4. The van der Waals surface area contributed by atoms with Gasteiger partial charge in [-0.3, -0.25) is 9.59 Å². The van der Waals surface area contributed by atoms with E-state index in [1.165, 1.54) is 25.1 Å². The van der Waals surface area contributed by atoms with Crippen molar-refractivity contribution in [3.05, 3.63) is 28.9 Å².